The van der Waals surface area contributed by atoms with Crippen LogP contribution in [0.2, 0.25) is 0 Å². The van der Waals surface area contributed by atoms with Crippen LogP contribution in [0.4, 0.5) is 0 Å². The van der Waals surface area contributed by atoms with Crippen molar-refractivity contribution in [1.29, 1.82) is 0 Å². The number of rotatable bonds is 5. The number of ether oxygens (including phenoxy) is 1. The third-order valence-electron chi connectivity index (χ3n) is 7.72. The Kier molecular flexibility index (Phi) is 5.40. The van der Waals surface area contributed by atoms with E-state index in [1.54, 1.807) is 0 Å². The van der Waals surface area contributed by atoms with E-state index in [1.165, 1.54) is 0 Å². The van der Waals surface area contributed by atoms with Crippen LogP contribution in [0.3, 0.4) is 0 Å². The van der Waals surface area contributed by atoms with Crippen molar-refractivity contribution in [3.63, 3.8) is 0 Å². The number of aldehydes is 1. The normalized spacial score (nSPS) is 29.3. The molecule has 1 aromatic heterocycles. The van der Waals surface area contributed by atoms with Crippen LogP contribution in [0.5, 0.6) is 0 Å². The maximum atomic E-state index is 13.0. The predicted molar refractivity (Wildman–Crippen MR) is 111 cm³/mol. The molecule has 2 aliphatic heterocycles. The van der Waals surface area contributed by atoms with Crippen LogP contribution >= 0.6 is 0 Å². The van der Waals surface area contributed by atoms with E-state index in [0.29, 0.717) is 11.5 Å². The van der Waals surface area contributed by atoms with Crippen molar-refractivity contribution in [3.05, 3.63) is 23.5 Å². The Hall–Kier alpha value is -1.95. The van der Waals surface area contributed by atoms with E-state index in [4.69, 9.17) is 9.84 Å². The minimum atomic E-state index is -0.214. The lowest BCUT2D eigenvalue weighted by atomic mass is 9.71. The molecule has 2 atom stereocenters. The van der Waals surface area contributed by atoms with Gasteiger partial charge in [0.15, 0.2) is 6.29 Å². The van der Waals surface area contributed by atoms with Crippen LogP contribution < -0.4 is 0 Å². The van der Waals surface area contributed by atoms with Crippen LogP contribution in [0.1, 0.15) is 93.9 Å². The molecule has 0 N–H and O–H groups in total. The molecule has 4 rings (SSSR count). The number of carbonyl (C=O) groups excluding carboxylic acids is 2. The summed E-state index contributed by atoms with van der Waals surface area (Å²) >= 11 is 0. The summed E-state index contributed by atoms with van der Waals surface area (Å²) in [5.74, 6) is 0.298. The molecular weight excluding hydrogens is 366 g/mol. The molecule has 1 aliphatic carbocycles. The maximum Gasteiger partial charge on any atom is 0.229 e. The lowest BCUT2D eigenvalue weighted by Gasteiger charge is -2.38. The van der Waals surface area contributed by atoms with Gasteiger partial charge in [-0.2, -0.15) is 5.10 Å². The fourth-order valence-corrected chi connectivity index (χ4v) is 5.58. The first-order chi connectivity index (χ1) is 14.0. The van der Waals surface area contributed by atoms with Crippen LogP contribution in [0.25, 0.3) is 5.57 Å². The number of carbonyl (C=O) groups is 2. The summed E-state index contributed by atoms with van der Waals surface area (Å²) in [5, 5.41) is 4.75. The molecule has 2 unspecified atom stereocenters. The highest BCUT2D eigenvalue weighted by atomic mass is 16.5. The van der Waals surface area contributed by atoms with E-state index in [0.717, 1.165) is 81.9 Å². The summed E-state index contributed by atoms with van der Waals surface area (Å²) in [5.41, 5.74) is 2.23. The largest absolute Gasteiger partial charge is 0.357 e. The zero-order chi connectivity index (χ0) is 20.6. The minimum Gasteiger partial charge on any atom is -0.357 e. The van der Waals surface area contributed by atoms with E-state index < -0.39 is 0 Å². The Balaban J connectivity index is 1.58. The molecule has 2 saturated heterocycles. The minimum absolute atomic E-state index is 0.0694. The van der Waals surface area contributed by atoms with Crippen molar-refractivity contribution in [3.8, 4) is 0 Å². The highest BCUT2D eigenvalue weighted by molar-refractivity contribution is 5.87. The second kappa shape index (κ2) is 7.71. The van der Waals surface area contributed by atoms with E-state index in [1.807, 2.05) is 22.8 Å². The van der Waals surface area contributed by atoms with Crippen molar-refractivity contribution in [2.45, 2.75) is 83.4 Å². The first-order valence-corrected chi connectivity index (χ1v) is 11.1. The van der Waals surface area contributed by atoms with Crippen molar-refractivity contribution in [2.24, 2.45) is 5.41 Å². The summed E-state index contributed by atoms with van der Waals surface area (Å²) in [7, 11) is 1.97. The van der Waals surface area contributed by atoms with Crippen molar-refractivity contribution >= 4 is 17.8 Å². The zero-order valence-electron chi connectivity index (χ0n) is 17.9. The molecule has 1 amide bonds. The summed E-state index contributed by atoms with van der Waals surface area (Å²) in [6, 6.07) is 0. The number of likely N-dealkylation sites (tertiary alicyclic amines) is 1. The van der Waals surface area contributed by atoms with Crippen LogP contribution in [0.15, 0.2) is 12.3 Å². The third-order valence-corrected chi connectivity index (χ3v) is 7.72. The molecule has 6 heteroatoms. The molecule has 3 heterocycles. The van der Waals surface area contributed by atoms with Crippen molar-refractivity contribution < 1.29 is 14.3 Å². The molecule has 1 spiro atoms. The molecule has 0 saturated carbocycles. The van der Waals surface area contributed by atoms with Gasteiger partial charge in [0.25, 0.3) is 0 Å². The summed E-state index contributed by atoms with van der Waals surface area (Å²) < 4.78 is 7.66. The van der Waals surface area contributed by atoms with E-state index in [-0.39, 0.29) is 17.2 Å². The fraction of sp³-hybridized carbons (Fsp3) is 0.696. The molecule has 2 fully saturated rings. The quantitative estimate of drug-likeness (QED) is 0.690. The zero-order valence-corrected chi connectivity index (χ0v) is 17.9. The van der Waals surface area contributed by atoms with Gasteiger partial charge in [-0.25, -0.2) is 4.68 Å². The molecule has 29 heavy (non-hydrogen) atoms. The van der Waals surface area contributed by atoms with Crippen LogP contribution in [-0.2, 0) is 9.53 Å². The molecule has 1 aromatic rings. The summed E-state index contributed by atoms with van der Waals surface area (Å²) in [4.78, 5) is 26.7. The highest BCUT2D eigenvalue weighted by Gasteiger charge is 2.56. The Morgan fingerprint density at radius 1 is 1.31 bits per heavy atom. The Labute approximate surface area is 173 Å². The van der Waals surface area contributed by atoms with Crippen molar-refractivity contribution in [1.82, 2.24) is 14.7 Å². The Bertz CT molecular complexity index is 817. The van der Waals surface area contributed by atoms with Gasteiger partial charge in [0.05, 0.1) is 16.7 Å². The van der Waals surface area contributed by atoms with Crippen molar-refractivity contribution in [2.75, 3.05) is 13.7 Å². The number of allylic oxidation sites excluding steroid dienone is 1. The lowest BCUT2D eigenvalue weighted by Crippen LogP contribution is -2.44. The van der Waals surface area contributed by atoms with Gasteiger partial charge in [0.1, 0.15) is 6.23 Å². The van der Waals surface area contributed by atoms with Gasteiger partial charge in [-0.15, -0.1) is 0 Å². The monoisotopic (exact) mass is 399 g/mol. The van der Waals surface area contributed by atoms with Gasteiger partial charge >= 0.3 is 0 Å². The second-order valence-electron chi connectivity index (χ2n) is 9.04. The first kappa shape index (κ1) is 20.3. The molecule has 3 aliphatic rings. The average Bonchev–Trinajstić information content (AvgIpc) is 3.29. The molecule has 6 nitrogen and oxygen atoms in total. The number of hydrogen-bond donors (Lipinski definition) is 0. The summed E-state index contributed by atoms with van der Waals surface area (Å²) in [6.45, 7) is 5.02. The van der Waals surface area contributed by atoms with E-state index >= 15 is 0 Å². The van der Waals surface area contributed by atoms with Gasteiger partial charge in [-0.3, -0.25) is 9.59 Å². The van der Waals surface area contributed by atoms with Gasteiger partial charge in [0.2, 0.25) is 5.91 Å². The lowest BCUT2D eigenvalue weighted by molar-refractivity contribution is -0.137. The van der Waals surface area contributed by atoms with Gasteiger partial charge < -0.3 is 9.64 Å². The Morgan fingerprint density at radius 2 is 2.10 bits per heavy atom. The molecular formula is C23H33N3O3. The van der Waals surface area contributed by atoms with Gasteiger partial charge in [-0.1, -0.05) is 19.9 Å². The number of hydrogen-bond acceptors (Lipinski definition) is 4. The SMILES string of the molecule is CCC1(CC)CC2(CC=C(c3nn(C4CCCCO4)cc3C=O)CC2)N(C)C1=O. The summed E-state index contributed by atoms with van der Waals surface area (Å²) in [6.07, 6.45) is 13.3. The van der Waals surface area contributed by atoms with Crippen LogP contribution in [-0.4, -0.2) is 46.1 Å². The molecule has 0 radical (unpaired) electrons. The topological polar surface area (TPSA) is 64.4 Å². The maximum absolute atomic E-state index is 13.0. The number of aromatic nitrogens is 2. The Morgan fingerprint density at radius 3 is 2.66 bits per heavy atom. The number of amides is 1. The predicted octanol–water partition coefficient (Wildman–Crippen LogP) is 4.37. The molecule has 0 bridgehead atoms. The first-order valence-electron chi connectivity index (χ1n) is 11.1. The molecule has 158 valence electrons. The standard InChI is InChI=1S/C23H33N3O3/c1-4-22(5-2)16-23(25(3)21(22)28)11-9-17(10-12-23)20-18(15-27)14-26(24-20)19-8-6-7-13-29-19/h9,14-15,19H,4-8,10-13,16H2,1-3H3. The van der Waals surface area contributed by atoms with Gasteiger partial charge in [0, 0.05) is 25.4 Å². The highest BCUT2D eigenvalue weighted by Crippen LogP contribution is 2.52. The number of nitrogens with zero attached hydrogens (tertiary/aromatic N) is 3. The fourth-order valence-electron chi connectivity index (χ4n) is 5.58. The van der Waals surface area contributed by atoms with Crippen LogP contribution in [0, 0.1) is 5.41 Å². The van der Waals surface area contributed by atoms with E-state index in [2.05, 4.69) is 19.9 Å². The van der Waals surface area contributed by atoms with Gasteiger partial charge in [-0.05, 0) is 63.4 Å². The molecule has 0 aromatic carbocycles. The smallest absolute Gasteiger partial charge is 0.229 e. The second-order valence-corrected chi connectivity index (χ2v) is 9.04. The third kappa shape index (κ3) is 3.25. The average molecular weight is 400 g/mol. The van der Waals surface area contributed by atoms with E-state index in [9.17, 15) is 9.59 Å².